The molecule has 0 spiro atoms. The summed E-state index contributed by atoms with van der Waals surface area (Å²) in [5.41, 5.74) is 3.14. The highest BCUT2D eigenvalue weighted by Crippen LogP contribution is 2.22. The summed E-state index contributed by atoms with van der Waals surface area (Å²) in [6.45, 7) is 9.23. The monoisotopic (exact) mass is 425 g/mol. The molecule has 30 heavy (non-hydrogen) atoms. The van der Waals surface area contributed by atoms with Crippen LogP contribution < -0.4 is 5.32 Å². The molecule has 1 heterocycles. The second kappa shape index (κ2) is 10.6. The minimum absolute atomic E-state index is 0.00361. The van der Waals surface area contributed by atoms with E-state index in [1.165, 1.54) is 10.5 Å². The van der Waals surface area contributed by atoms with E-state index in [9.17, 15) is 9.59 Å². The zero-order valence-corrected chi connectivity index (χ0v) is 18.9. The van der Waals surface area contributed by atoms with Crippen molar-refractivity contribution in [1.82, 2.24) is 9.80 Å². The third kappa shape index (κ3) is 6.09. The fourth-order valence-electron chi connectivity index (χ4n) is 3.53. The van der Waals surface area contributed by atoms with Crippen molar-refractivity contribution in [3.63, 3.8) is 0 Å². The average Bonchev–Trinajstić information content (AvgIpc) is 2.76. The Kier molecular flexibility index (Phi) is 7.94. The quantitative estimate of drug-likeness (QED) is 0.686. The SMILES string of the molecule is Cc1cccc(NC(=O)CN2CCN(C(=O)C(C)CSc3ccccc3)CC2)c1C. The van der Waals surface area contributed by atoms with Gasteiger partial charge in [0, 0.05) is 48.4 Å². The lowest BCUT2D eigenvalue weighted by atomic mass is 10.1. The molecule has 0 aliphatic carbocycles. The molecule has 1 N–H and O–H groups in total. The van der Waals surface area contributed by atoms with E-state index in [-0.39, 0.29) is 17.7 Å². The molecule has 1 aliphatic rings. The summed E-state index contributed by atoms with van der Waals surface area (Å²) in [6.07, 6.45) is 0. The maximum Gasteiger partial charge on any atom is 0.238 e. The number of carbonyl (C=O) groups is 2. The van der Waals surface area contributed by atoms with Crippen LogP contribution in [0.25, 0.3) is 0 Å². The number of benzene rings is 2. The van der Waals surface area contributed by atoms with E-state index in [0.717, 1.165) is 30.1 Å². The van der Waals surface area contributed by atoms with Gasteiger partial charge in [-0.25, -0.2) is 0 Å². The predicted molar refractivity (Wildman–Crippen MR) is 124 cm³/mol. The van der Waals surface area contributed by atoms with Crippen LogP contribution in [-0.2, 0) is 9.59 Å². The number of rotatable bonds is 7. The Bertz CT molecular complexity index is 864. The predicted octanol–water partition coefficient (Wildman–Crippen LogP) is 3.81. The molecular weight excluding hydrogens is 394 g/mol. The summed E-state index contributed by atoms with van der Waals surface area (Å²) < 4.78 is 0. The molecule has 2 aromatic carbocycles. The first kappa shape index (κ1) is 22.4. The van der Waals surface area contributed by atoms with Gasteiger partial charge in [-0.05, 0) is 43.2 Å². The van der Waals surface area contributed by atoms with Crippen molar-refractivity contribution in [3.05, 3.63) is 59.7 Å². The number of aryl methyl sites for hydroxylation is 1. The summed E-state index contributed by atoms with van der Waals surface area (Å²) in [5, 5.41) is 3.02. The number of nitrogens with one attached hydrogen (secondary N) is 1. The fraction of sp³-hybridized carbons (Fsp3) is 0.417. The molecule has 2 amide bonds. The third-order valence-electron chi connectivity index (χ3n) is 5.59. The molecule has 1 atom stereocenters. The largest absolute Gasteiger partial charge is 0.340 e. The zero-order chi connectivity index (χ0) is 21.5. The molecule has 0 radical (unpaired) electrons. The fourth-order valence-corrected chi connectivity index (χ4v) is 4.46. The van der Waals surface area contributed by atoms with Gasteiger partial charge in [-0.15, -0.1) is 11.8 Å². The van der Waals surface area contributed by atoms with Crippen LogP contribution in [0.3, 0.4) is 0 Å². The standard InChI is InChI=1S/C24H31N3O2S/c1-18-8-7-11-22(20(18)3)25-23(28)16-26-12-14-27(15-13-26)24(29)19(2)17-30-21-9-5-4-6-10-21/h4-11,19H,12-17H2,1-3H3,(H,25,28). The minimum atomic E-state index is -0.0191. The van der Waals surface area contributed by atoms with Gasteiger partial charge in [0.25, 0.3) is 0 Å². The lowest BCUT2D eigenvalue weighted by Gasteiger charge is -2.35. The minimum Gasteiger partial charge on any atom is -0.340 e. The summed E-state index contributed by atoms with van der Waals surface area (Å²) in [6, 6.07) is 16.1. The van der Waals surface area contributed by atoms with Crippen molar-refractivity contribution in [2.24, 2.45) is 5.92 Å². The lowest BCUT2D eigenvalue weighted by molar-refractivity contribution is -0.136. The van der Waals surface area contributed by atoms with Gasteiger partial charge in [-0.2, -0.15) is 0 Å². The van der Waals surface area contributed by atoms with Crippen molar-refractivity contribution in [3.8, 4) is 0 Å². The zero-order valence-electron chi connectivity index (χ0n) is 18.1. The van der Waals surface area contributed by atoms with Gasteiger partial charge in [0.2, 0.25) is 11.8 Å². The molecule has 3 rings (SSSR count). The highest BCUT2D eigenvalue weighted by molar-refractivity contribution is 7.99. The normalized spacial score (nSPS) is 15.6. The number of thioether (sulfide) groups is 1. The maximum absolute atomic E-state index is 12.8. The van der Waals surface area contributed by atoms with Crippen LogP contribution in [0.2, 0.25) is 0 Å². The topological polar surface area (TPSA) is 52.7 Å². The van der Waals surface area contributed by atoms with E-state index in [1.807, 2.05) is 62.1 Å². The molecule has 1 fully saturated rings. The van der Waals surface area contributed by atoms with Gasteiger partial charge in [-0.1, -0.05) is 37.3 Å². The van der Waals surface area contributed by atoms with Gasteiger partial charge in [-0.3, -0.25) is 14.5 Å². The second-order valence-electron chi connectivity index (χ2n) is 7.92. The first-order chi connectivity index (χ1) is 14.4. The molecule has 0 bridgehead atoms. The first-order valence-corrected chi connectivity index (χ1v) is 11.5. The van der Waals surface area contributed by atoms with Crippen LogP contribution in [-0.4, -0.2) is 60.1 Å². The van der Waals surface area contributed by atoms with Crippen LogP contribution in [0.15, 0.2) is 53.4 Å². The molecule has 5 nitrogen and oxygen atoms in total. The number of hydrogen-bond donors (Lipinski definition) is 1. The molecule has 160 valence electrons. The van der Waals surface area contributed by atoms with Gasteiger partial charge in [0.05, 0.1) is 6.54 Å². The Morgan fingerprint density at radius 3 is 2.40 bits per heavy atom. The first-order valence-electron chi connectivity index (χ1n) is 10.5. The summed E-state index contributed by atoms with van der Waals surface area (Å²) in [7, 11) is 0. The average molecular weight is 426 g/mol. The van der Waals surface area contributed by atoms with E-state index in [1.54, 1.807) is 11.8 Å². The van der Waals surface area contributed by atoms with E-state index in [0.29, 0.717) is 19.6 Å². The van der Waals surface area contributed by atoms with Crippen LogP contribution >= 0.6 is 11.8 Å². The Labute approximate surface area is 183 Å². The molecule has 1 aliphatic heterocycles. The van der Waals surface area contributed by atoms with Crippen molar-refractivity contribution in [1.29, 1.82) is 0 Å². The second-order valence-corrected chi connectivity index (χ2v) is 9.02. The highest BCUT2D eigenvalue weighted by Gasteiger charge is 2.25. The summed E-state index contributed by atoms with van der Waals surface area (Å²) >= 11 is 1.72. The van der Waals surface area contributed by atoms with Gasteiger partial charge in [0.1, 0.15) is 0 Å². The molecule has 1 saturated heterocycles. The smallest absolute Gasteiger partial charge is 0.238 e. The Morgan fingerprint density at radius 1 is 1.00 bits per heavy atom. The Hall–Kier alpha value is -2.31. The van der Waals surface area contributed by atoms with Crippen molar-refractivity contribution >= 4 is 29.3 Å². The number of hydrogen-bond acceptors (Lipinski definition) is 4. The van der Waals surface area contributed by atoms with E-state index < -0.39 is 0 Å². The molecular formula is C24H31N3O2S. The molecule has 1 unspecified atom stereocenters. The highest BCUT2D eigenvalue weighted by atomic mass is 32.2. The van der Waals surface area contributed by atoms with Gasteiger partial charge >= 0.3 is 0 Å². The van der Waals surface area contributed by atoms with Crippen molar-refractivity contribution in [2.75, 3.05) is 43.8 Å². The third-order valence-corrected chi connectivity index (χ3v) is 6.87. The van der Waals surface area contributed by atoms with E-state index in [2.05, 4.69) is 22.3 Å². The summed E-state index contributed by atoms with van der Waals surface area (Å²) in [4.78, 5) is 30.5. The Morgan fingerprint density at radius 2 is 1.70 bits per heavy atom. The molecule has 6 heteroatoms. The Balaban J connectivity index is 1.42. The van der Waals surface area contributed by atoms with Gasteiger partial charge in [0.15, 0.2) is 0 Å². The van der Waals surface area contributed by atoms with E-state index in [4.69, 9.17) is 0 Å². The van der Waals surface area contributed by atoms with E-state index >= 15 is 0 Å². The van der Waals surface area contributed by atoms with Crippen LogP contribution in [0.1, 0.15) is 18.1 Å². The summed E-state index contributed by atoms with van der Waals surface area (Å²) in [5.74, 6) is 0.963. The van der Waals surface area contributed by atoms with Crippen molar-refractivity contribution in [2.45, 2.75) is 25.7 Å². The van der Waals surface area contributed by atoms with Crippen LogP contribution in [0.4, 0.5) is 5.69 Å². The van der Waals surface area contributed by atoms with Crippen LogP contribution in [0.5, 0.6) is 0 Å². The number of piperazine rings is 1. The van der Waals surface area contributed by atoms with Crippen molar-refractivity contribution < 1.29 is 9.59 Å². The molecule has 0 saturated carbocycles. The molecule has 0 aromatic heterocycles. The number of nitrogens with zero attached hydrogens (tertiary/aromatic N) is 2. The number of amides is 2. The van der Waals surface area contributed by atoms with Crippen LogP contribution in [0, 0.1) is 19.8 Å². The lowest BCUT2D eigenvalue weighted by Crippen LogP contribution is -2.51. The maximum atomic E-state index is 12.8. The van der Waals surface area contributed by atoms with Gasteiger partial charge < -0.3 is 10.2 Å². The number of carbonyl (C=O) groups excluding carboxylic acids is 2. The molecule has 2 aromatic rings. The number of anilines is 1.